The lowest BCUT2D eigenvalue weighted by Gasteiger charge is -2.14. The highest BCUT2D eigenvalue weighted by Gasteiger charge is 2.17. The topological polar surface area (TPSA) is 50.2 Å². The Kier molecular flexibility index (Phi) is 2.33. The quantitative estimate of drug-likeness (QED) is 0.801. The van der Waals surface area contributed by atoms with E-state index in [1.807, 2.05) is 20.8 Å². The first-order chi connectivity index (χ1) is 7.41. The van der Waals surface area contributed by atoms with Gasteiger partial charge in [0, 0.05) is 23.2 Å². The van der Waals surface area contributed by atoms with Crippen molar-refractivity contribution in [1.29, 1.82) is 0 Å². The fourth-order valence-electron chi connectivity index (χ4n) is 1.49. The number of alkyl halides is 1. The second-order valence-corrected chi connectivity index (χ2v) is 4.83. The van der Waals surface area contributed by atoms with Gasteiger partial charge in [0.2, 0.25) is 0 Å². The zero-order valence-electron chi connectivity index (χ0n) is 9.54. The van der Waals surface area contributed by atoms with Crippen LogP contribution in [0.5, 0.6) is 0 Å². The van der Waals surface area contributed by atoms with Gasteiger partial charge in [-0.3, -0.25) is 9.89 Å². The minimum absolute atomic E-state index is 0.101. The van der Waals surface area contributed by atoms with E-state index >= 15 is 0 Å². The molecule has 4 nitrogen and oxygen atoms in total. The first-order valence-electron chi connectivity index (χ1n) is 5.10. The van der Waals surface area contributed by atoms with Crippen molar-refractivity contribution >= 4 is 5.65 Å². The lowest BCUT2D eigenvalue weighted by molar-refractivity contribution is 0.475. The second kappa shape index (κ2) is 3.43. The summed E-state index contributed by atoms with van der Waals surface area (Å²) >= 11 is 0. The molecule has 2 aromatic rings. The van der Waals surface area contributed by atoms with Gasteiger partial charge in [-0.2, -0.15) is 0 Å². The summed E-state index contributed by atoms with van der Waals surface area (Å²) in [6.45, 7) is 5.36. The zero-order chi connectivity index (χ0) is 11.9. The van der Waals surface area contributed by atoms with Crippen LogP contribution >= 0.6 is 0 Å². The summed E-state index contributed by atoms with van der Waals surface area (Å²) in [7, 11) is 0. The molecule has 2 rings (SSSR count). The third kappa shape index (κ3) is 1.73. The van der Waals surface area contributed by atoms with Crippen LogP contribution in [0.25, 0.3) is 5.65 Å². The molecule has 0 spiro atoms. The Morgan fingerprint density at radius 3 is 2.69 bits per heavy atom. The van der Waals surface area contributed by atoms with E-state index in [1.54, 1.807) is 6.07 Å². The molecular weight excluding hydrogens is 209 g/mol. The molecule has 16 heavy (non-hydrogen) atoms. The van der Waals surface area contributed by atoms with Crippen LogP contribution in [0.15, 0.2) is 16.9 Å². The number of aromatic amines is 1. The number of halogens is 1. The number of aromatic nitrogens is 3. The maximum Gasteiger partial charge on any atom is 0.272 e. The average Bonchev–Trinajstić information content (AvgIpc) is 2.61. The number of hydrogen-bond donors (Lipinski definition) is 1. The summed E-state index contributed by atoms with van der Waals surface area (Å²) in [5.41, 5.74) is 1.14. The van der Waals surface area contributed by atoms with Crippen molar-refractivity contribution in [3.05, 3.63) is 33.9 Å². The zero-order valence-corrected chi connectivity index (χ0v) is 9.54. The van der Waals surface area contributed by atoms with Crippen LogP contribution in [0.4, 0.5) is 4.39 Å². The maximum absolute atomic E-state index is 12.5. The van der Waals surface area contributed by atoms with Crippen molar-refractivity contribution in [3.8, 4) is 0 Å². The SMILES string of the molecule is CC(C)(C)c1cc2nc(CF)cc(=O)n2[nH]1. The molecule has 5 heteroatoms. The first-order valence-corrected chi connectivity index (χ1v) is 5.10. The molecule has 0 bridgehead atoms. The van der Waals surface area contributed by atoms with Gasteiger partial charge < -0.3 is 0 Å². The van der Waals surface area contributed by atoms with E-state index in [0.29, 0.717) is 5.65 Å². The van der Waals surface area contributed by atoms with Crippen LogP contribution in [0, 0.1) is 0 Å². The molecule has 0 aliphatic rings. The summed E-state index contributed by atoms with van der Waals surface area (Å²) in [6, 6.07) is 2.98. The number of nitrogens with zero attached hydrogens (tertiary/aromatic N) is 2. The molecular formula is C11H14FN3O. The van der Waals surface area contributed by atoms with Crippen molar-refractivity contribution in [2.45, 2.75) is 32.9 Å². The maximum atomic E-state index is 12.5. The molecule has 2 heterocycles. The minimum Gasteiger partial charge on any atom is -0.293 e. The lowest BCUT2D eigenvalue weighted by atomic mass is 9.93. The average molecular weight is 223 g/mol. The third-order valence-electron chi connectivity index (χ3n) is 2.45. The number of fused-ring (bicyclic) bond motifs is 1. The van der Waals surface area contributed by atoms with Crippen LogP contribution in [0.3, 0.4) is 0 Å². The molecule has 0 saturated heterocycles. The second-order valence-electron chi connectivity index (χ2n) is 4.83. The fourth-order valence-corrected chi connectivity index (χ4v) is 1.49. The van der Waals surface area contributed by atoms with E-state index in [4.69, 9.17) is 0 Å². The van der Waals surface area contributed by atoms with Gasteiger partial charge in [0.15, 0.2) is 5.65 Å². The summed E-state index contributed by atoms with van der Waals surface area (Å²) in [5, 5.41) is 2.97. The molecule has 2 aromatic heterocycles. The van der Waals surface area contributed by atoms with Crippen LogP contribution in [-0.2, 0) is 12.1 Å². The molecule has 86 valence electrons. The van der Waals surface area contributed by atoms with Gasteiger partial charge in [-0.1, -0.05) is 20.8 Å². The molecule has 0 saturated carbocycles. The Bertz CT molecular complexity index is 577. The van der Waals surface area contributed by atoms with Gasteiger partial charge in [-0.15, -0.1) is 0 Å². The minimum atomic E-state index is -0.720. The molecule has 0 radical (unpaired) electrons. The molecule has 1 N–H and O–H groups in total. The Balaban J connectivity index is 2.71. The number of H-pyrrole nitrogens is 1. The van der Waals surface area contributed by atoms with E-state index in [9.17, 15) is 9.18 Å². The van der Waals surface area contributed by atoms with E-state index in [-0.39, 0.29) is 16.7 Å². The smallest absolute Gasteiger partial charge is 0.272 e. The molecule has 0 aliphatic heterocycles. The summed E-state index contributed by atoms with van der Waals surface area (Å²) in [4.78, 5) is 15.7. The van der Waals surface area contributed by atoms with Crippen LogP contribution in [0.2, 0.25) is 0 Å². The van der Waals surface area contributed by atoms with E-state index in [2.05, 4.69) is 10.1 Å². The third-order valence-corrected chi connectivity index (χ3v) is 2.45. The van der Waals surface area contributed by atoms with Crippen molar-refractivity contribution < 1.29 is 4.39 Å². The van der Waals surface area contributed by atoms with Crippen molar-refractivity contribution in [2.24, 2.45) is 0 Å². The highest BCUT2D eigenvalue weighted by molar-refractivity contribution is 5.41. The summed E-state index contributed by atoms with van der Waals surface area (Å²) < 4.78 is 13.8. The van der Waals surface area contributed by atoms with Crippen LogP contribution in [-0.4, -0.2) is 14.6 Å². The van der Waals surface area contributed by atoms with Crippen LogP contribution in [0.1, 0.15) is 32.2 Å². The molecule has 0 aliphatic carbocycles. The predicted molar refractivity (Wildman–Crippen MR) is 59.3 cm³/mol. The molecule has 0 aromatic carbocycles. The summed E-state index contributed by atoms with van der Waals surface area (Å²) in [6.07, 6.45) is 0. The standard InChI is InChI=1S/C11H14FN3O/c1-11(2,3)8-5-9-13-7(6-12)4-10(16)15(9)14-8/h4-5,14H,6H2,1-3H3. The Morgan fingerprint density at radius 2 is 2.12 bits per heavy atom. The van der Waals surface area contributed by atoms with Crippen molar-refractivity contribution in [1.82, 2.24) is 14.6 Å². The van der Waals surface area contributed by atoms with Crippen LogP contribution < -0.4 is 5.56 Å². The normalized spacial score (nSPS) is 12.2. The summed E-state index contributed by atoms with van der Waals surface area (Å²) in [5.74, 6) is 0. The Hall–Kier alpha value is -1.65. The molecule has 0 unspecified atom stereocenters. The van der Waals surface area contributed by atoms with Gasteiger partial charge in [-0.25, -0.2) is 13.9 Å². The molecule has 0 atom stereocenters. The van der Waals surface area contributed by atoms with E-state index < -0.39 is 6.67 Å². The van der Waals surface area contributed by atoms with E-state index in [0.717, 1.165) is 5.69 Å². The van der Waals surface area contributed by atoms with Crippen molar-refractivity contribution in [3.63, 3.8) is 0 Å². The van der Waals surface area contributed by atoms with Gasteiger partial charge >= 0.3 is 0 Å². The largest absolute Gasteiger partial charge is 0.293 e. The highest BCUT2D eigenvalue weighted by Crippen LogP contribution is 2.20. The van der Waals surface area contributed by atoms with Gasteiger partial charge in [0.05, 0.1) is 5.69 Å². The predicted octanol–water partition coefficient (Wildman–Crippen LogP) is 1.79. The van der Waals surface area contributed by atoms with Crippen molar-refractivity contribution in [2.75, 3.05) is 0 Å². The lowest BCUT2D eigenvalue weighted by Crippen LogP contribution is -2.17. The Labute approximate surface area is 92.1 Å². The number of hydrogen-bond acceptors (Lipinski definition) is 2. The molecule has 0 fully saturated rings. The van der Waals surface area contributed by atoms with Gasteiger partial charge in [-0.05, 0) is 0 Å². The fraction of sp³-hybridized carbons (Fsp3) is 0.455. The van der Waals surface area contributed by atoms with Gasteiger partial charge in [0.25, 0.3) is 5.56 Å². The van der Waals surface area contributed by atoms with E-state index in [1.165, 1.54) is 10.6 Å². The Morgan fingerprint density at radius 1 is 1.44 bits per heavy atom. The number of rotatable bonds is 1. The first kappa shape index (κ1) is 10.9. The monoisotopic (exact) mass is 223 g/mol. The number of nitrogens with one attached hydrogen (secondary N) is 1. The molecule has 0 amide bonds. The highest BCUT2D eigenvalue weighted by atomic mass is 19.1. The van der Waals surface area contributed by atoms with Gasteiger partial charge in [0.1, 0.15) is 6.67 Å².